The molecule has 0 aromatic heterocycles. The van der Waals surface area contributed by atoms with E-state index >= 15 is 0 Å². The molecule has 0 saturated carbocycles. The smallest absolute Gasteiger partial charge is 0.0646 e. The largest absolute Gasteiger partial charge is 0.293 e. The number of hydrogen-bond acceptors (Lipinski definition) is 2. The van der Waals surface area contributed by atoms with E-state index in [9.17, 15) is 0 Å². The van der Waals surface area contributed by atoms with Crippen LogP contribution >= 0.6 is 11.6 Å². The van der Waals surface area contributed by atoms with E-state index in [1.807, 2.05) is 36.2 Å². The van der Waals surface area contributed by atoms with Gasteiger partial charge >= 0.3 is 0 Å². The molecule has 68 valence electrons. The molecule has 0 bridgehead atoms. The second-order valence-corrected chi connectivity index (χ2v) is 3.58. The van der Waals surface area contributed by atoms with E-state index in [2.05, 4.69) is 5.10 Å². The summed E-state index contributed by atoms with van der Waals surface area (Å²) in [6.07, 6.45) is 0. The van der Waals surface area contributed by atoms with Gasteiger partial charge in [-0.15, -0.1) is 0 Å². The van der Waals surface area contributed by atoms with Crippen LogP contribution in [-0.4, -0.2) is 23.8 Å². The summed E-state index contributed by atoms with van der Waals surface area (Å²) < 4.78 is 0. The first kappa shape index (κ1) is 8.57. The third kappa shape index (κ3) is 2.22. The average Bonchev–Trinajstić information content (AvgIpc) is 2.89. The minimum absolute atomic E-state index is 0.767. The maximum absolute atomic E-state index is 5.78. The van der Waals surface area contributed by atoms with E-state index < -0.39 is 0 Å². The molecule has 13 heavy (non-hydrogen) atoms. The Morgan fingerprint density at radius 2 is 1.92 bits per heavy atom. The van der Waals surface area contributed by atoms with Gasteiger partial charge in [-0.1, -0.05) is 23.7 Å². The molecule has 0 radical (unpaired) electrons. The Bertz CT molecular complexity index is 325. The van der Waals surface area contributed by atoms with Crippen LogP contribution in [0.25, 0.3) is 0 Å². The van der Waals surface area contributed by atoms with E-state index in [0.29, 0.717) is 0 Å². The summed E-state index contributed by atoms with van der Waals surface area (Å²) in [5.41, 5.74) is 2.19. The highest BCUT2D eigenvalue weighted by molar-refractivity contribution is 6.30. The maximum atomic E-state index is 5.78. The van der Waals surface area contributed by atoms with Crippen LogP contribution in [0.3, 0.4) is 0 Å². The number of hydrazone groups is 1. The fraction of sp³-hybridized carbons (Fsp3) is 0.300. The third-order valence-corrected chi connectivity index (χ3v) is 2.23. The normalized spacial score (nSPS) is 16.2. The van der Waals surface area contributed by atoms with E-state index in [1.165, 1.54) is 0 Å². The third-order valence-electron chi connectivity index (χ3n) is 1.98. The highest BCUT2D eigenvalue weighted by Crippen LogP contribution is 2.12. The Kier molecular flexibility index (Phi) is 2.23. The molecule has 1 aromatic carbocycles. The molecule has 0 aliphatic carbocycles. The van der Waals surface area contributed by atoms with E-state index in [1.54, 1.807) is 0 Å². The van der Waals surface area contributed by atoms with E-state index in [4.69, 9.17) is 11.6 Å². The zero-order valence-electron chi connectivity index (χ0n) is 7.50. The Morgan fingerprint density at radius 3 is 2.46 bits per heavy atom. The number of benzene rings is 1. The van der Waals surface area contributed by atoms with Crippen molar-refractivity contribution in [1.82, 2.24) is 5.01 Å². The minimum Gasteiger partial charge on any atom is -0.293 e. The minimum atomic E-state index is 0.767. The molecule has 0 atom stereocenters. The molecule has 0 unspecified atom stereocenters. The quantitative estimate of drug-likeness (QED) is 0.521. The van der Waals surface area contributed by atoms with Gasteiger partial charge in [-0.25, -0.2) is 0 Å². The summed E-state index contributed by atoms with van der Waals surface area (Å²) in [4.78, 5) is 0. The maximum Gasteiger partial charge on any atom is 0.0646 e. The monoisotopic (exact) mass is 194 g/mol. The lowest BCUT2D eigenvalue weighted by molar-refractivity contribution is 0.607. The number of hydrogen-bond donors (Lipinski definition) is 0. The predicted molar refractivity (Wildman–Crippen MR) is 55.2 cm³/mol. The fourth-order valence-electron chi connectivity index (χ4n) is 1.11. The molecule has 2 rings (SSSR count). The molecular formula is C10H11ClN2. The van der Waals surface area contributed by atoms with Gasteiger partial charge < -0.3 is 0 Å². The van der Waals surface area contributed by atoms with Crippen molar-refractivity contribution in [3.63, 3.8) is 0 Å². The van der Waals surface area contributed by atoms with Gasteiger partial charge in [0, 0.05) is 5.02 Å². The van der Waals surface area contributed by atoms with Crippen LogP contribution in [0.1, 0.15) is 12.5 Å². The van der Waals surface area contributed by atoms with Gasteiger partial charge in [0.25, 0.3) is 0 Å². The molecule has 0 amide bonds. The zero-order valence-corrected chi connectivity index (χ0v) is 8.25. The molecule has 1 saturated heterocycles. The summed E-state index contributed by atoms with van der Waals surface area (Å²) in [5, 5.41) is 7.19. The van der Waals surface area contributed by atoms with Crippen LogP contribution in [0.2, 0.25) is 5.02 Å². The van der Waals surface area contributed by atoms with Gasteiger partial charge in [-0.05, 0) is 24.6 Å². The first-order chi connectivity index (χ1) is 6.25. The van der Waals surface area contributed by atoms with Crippen molar-refractivity contribution < 1.29 is 0 Å². The highest BCUT2D eigenvalue weighted by Gasteiger charge is 2.14. The molecule has 3 heteroatoms. The highest BCUT2D eigenvalue weighted by atomic mass is 35.5. The Hall–Kier alpha value is -1.02. The SMILES string of the molecule is C/C(=N\N1CC1)c1ccc(Cl)cc1. The van der Waals surface area contributed by atoms with Crippen LogP contribution in [0.4, 0.5) is 0 Å². The van der Waals surface area contributed by atoms with Gasteiger partial charge in [0.15, 0.2) is 0 Å². The van der Waals surface area contributed by atoms with Gasteiger partial charge in [0.1, 0.15) is 0 Å². The Morgan fingerprint density at radius 1 is 1.31 bits per heavy atom. The second-order valence-electron chi connectivity index (χ2n) is 3.15. The van der Waals surface area contributed by atoms with Crippen molar-refractivity contribution in [1.29, 1.82) is 0 Å². The van der Waals surface area contributed by atoms with Gasteiger partial charge in [-0.3, -0.25) is 5.01 Å². The molecule has 1 heterocycles. The summed E-state index contributed by atoms with van der Waals surface area (Å²) >= 11 is 5.78. The summed E-state index contributed by atoms with van der Waals surface area (Å²) in [5.74, 6) is 0. The molecule has 0 N–H and O–H groups in total. The molecule has 1 aliphatic heterocycles. The first-order valence-electron chi connectivity index (χ1n) is 4.32. The van der Waals surface area contributed by atoms with Crippen LogP contribution in [0.5, 0.6) is 0 Å². The second kappa shape index (κ2) is 3.38. The lowest BCUT2D eigenvalue weighted by atomic mass is 10.1. The van der Waals surface area contributed by atoms with E-state index in [-0.39, 0.29) is 0 Å². The topological polar surface area (TPSA) is 15.4 Å². The van der Waals surface area contributed by atoms with Crippen LogP contribution in [0, 0.1) is 0 Å². The number of rotatable bonds is 2. The van der Waals surface area contributed by atoms with Crippen LogP contribution in [-0.2, 0) is 0 Å². The van der Waals surface area contributed by atoms with Crippen molar-refractivity contribution in [2.75, 3.05) is 13.1 Å². The average molecular weight is 195 g/mol. The van der Waals surface area contributed by atoms with Crippen molar-refractivity contribution in [2.45, 2.75) is 6.92 Å². The summed E-state index contributed by atoms with van der Waals surface area (Å²) in [6.45, 7) is 4.19. The van der Waals surface area contributed by atoms with Gasteiger partial charge in [0.05, 0.1) is 18.8 Å². The molecule has 1 aromatic rings. The fourth-order valence-corrected chi connectivity index (χ4v) is 1.23. The van der Waals surface area contributed by atoms with Gasteiger partial charge in [-0.2, -0.15) is 5.10 Å². The number of nitrogens with zero attached hydrogens (tertiary/aromatic N) is 2. The first-order valence-corrected chi connectivity index (χ1v) is 4.69. The number of halogens is 1. The summed E-state index contributed by atoms with van der Waals surface area (Å²) in [6, 6.07) is 7.76. The lowest BCUT2D eigenvalue weighted by Gasteiger charge is -2.00. The van der Waals surface area contributed by atoms with Gasteiger partial charge in [0.2, 0.25) is 0 Å². The van der Waals surface area contributed by atoms with Crippen molar-refractivity contribution in [2.24, 2.45) is 5.10 Å². The molecule has 0 spiro atoms. The molecular weight excluding hydrogens is 184 g/mol. The Labute approximate surface area is 82.8 Å². The van der Waals surface area contributed by atoms with Crippen LogP contribution in [0.15, 0.2) is 29.4 Å². The van der Waals surface area contributed by atoms with Crippen LogP contribution < -0.4 is 0 Å². The van der Waals surface area contributed by atoms with E-state index in [0.717, 1.165) is 29.4 Å². The van der Waals surface area contributed by atoms with Crippen molar-refractivity contribution in [3.8, 4) is 0 Å². The zero-order chi connectivity index (χ0) is 9.26. The molecule has 1 fully saturated rings. The summed E-state index contributed by atoms with van der Waals surface area (Å²) in [7, 11) is 0. The Balaban J connectivity index is 2.19. The molecule has 2 nitrogen and oxygen atoms in total. The van der Waals surface area contributed by atoms with Crippen molar-refractivity contribution in [3.05, 3.63) is 34.9 Å². The lowest BCUT2D eigenvalue weighted by Crippen LogP contribution is -1.97. The predicted octanol–water partition coefficient (Wildman–Crippen LogP) is 2.38. The molecule has 1 aliphatic rings. The van der Waals surface area contributed by atoms with Crippen molar-refractivity contribution >= 4 is 17.3 Å². The standard InChI is InChI=1S/C10H11ClN2/c1-8(12-13-6-7-13)9-2-4-10(11)5-3-9/h2-5H,6-7H2,1H3/b12-8+.